The molecule has 0 saturated carbocycles. The van der Waals surface area contributed by atoms with Crippen LogP contribution in [0.25, 0.3) is 0 Å². The summed E-state index contributed by atoms with van der Waals surface area (Å²) in [5, 5.41) is 6.09. The minimum absolute atomic E-state index is 0.00873. The largest absolute Gasteiger partial charge is 0.339 e. The second-order valence-corrected chi connectivity index (χ2v) is 8.86. The van der Waals surface area contributed by atoms with E-state index in [1.54, 1.807) is 6.07 Å². The van der Waals surface area contributed by atoms with Gasteiger partial charge in [0.25, 0.3) is 5.91 Å². The smallest absolute Gasteiger partial charge is 0.255 e. The fraction of sp³-hybridized carbons (Fsp3) is 0.250. The van der Waals surface area contributed by atoms with Gasteiger partial charge in [0.15, 0.2) is 5.11 Å². The van der Waals surface area contributed by atoms with Crippen molar-refractivity contribution in [1.82, 2.24) is 10.2 Å². The van der Waals surface area contributed by atoms with E-state index in [1.807, 2.05) is 83.8 Å². The maximum absolute atomic E-state index is 13.3. The molecule has 3 aromatic carbocycles. The van der Waals surface area contributed by atoms with Gasteiger partial charge in [-0.1, -0.05) is 85.6 Å². The fourth-order valence-electron chi connectivity index (χ4n) is 4.35. The van der Waals surface area contributed by atoms with E-state index in [1.165, 1.54) is 0 Å². The number of thiocarbonyl (C=S) groups is 1. The van der Waals surface area contributed by atoms with Gasteiger partial charge in [0.05, 0.1) is 17.2 Å². The Morgan fingerprint density at radius 1 is 0.735 bits per heavy atom. The summed E-state index contributed by atoms with van der Waals surface area (Å²) >= 11 is 5.49. The van der Waals surface area contributed by atoms with Gasteiger partial charge < -0.3 is 15.5 Å². The first kappa shape index (κ1) is 23.6. The first-order valence-corrected chi connectivity index (χ1v) is 12.1. The lowest BCUT2D eigenvalue weighted by atomic mass is 9.90. The summed E-state index contributed by atoms with van der Waals surface area (Å²) in [6, 6.07) is 26.6. The molecule has 1 aliphatic heterocycles. The van der Waals surface area contributed by atoms with Crippen molar-refractivity contribution in [2.45, 2.75) is 31.6 Å². The highest BCUT2D eigenvalue weighted by Crippen LogP contribution is 2.25. The molecule has 2 N–H and O–H groups in total. The van der Waals surface area contributed by atoms with Gasteiger partial charge in [0.1, 0.15) is 0 Å². The molecule has 0 spiro atoms. The number of carbonyl (C=O) groups excluding carboxylic acids is 2. The average molecular weight is 472 g/mol. The Bertz CT molecular complexity index is 1090. The van der Waals surface area contributed by atoms with E-state index >= 15 is 0 Å². The van der Waals surface area contributed by atoms with E-state index < -0.39 is 5.92 Å². The lowest BCUT2D eigenvalue weighted by molar-refractivity contribution is -0.120. The molecule has 1 fully saturated rings. The van der Waals surface area contributed by atoms with Crippen LogP contribution in [-0.4, -0.2) is 34.9 Å². The highest BCUT2D eigenvalue weighted by atomic mass is 32.1. The van der Waals surface area contributed by atoms with Gasteiger partial charge in [-0.3, -0.25) is 9.59 Å². The molecule has 3 aromatic rings. The number of nitrogens with one attached hydrogen (secondary N) is 2. The third-order valence-corrected chi connectivity index (χ3v) is 6.27. The molecule has 0 unspecified atom stereocenters. The molecule has 5 nitrogen and oxygen atoms in total. The number of anilines is 1. The van der Waals surface area contributed by atoms with Gasteiger partial charge in [0.2, 0.25) is 5.91 Å². The second-order valence-electron chi connectivity index (χ2n) is 8.45. The molecule has 1 aliphatic rings. The molecule has 1 saturated heterocycles. The van der Waals surface area contributed by atoms with Crippen LogP contribution in [0.15, 0.2) is 84.9 Å². The van der Waals surface area contributed by atoms with E-state index in [-0.39, 0.29) is 16.9 Å². The standard InChI is InChI=1S/C28H29N3O2S/c32-26(25(21-13-5-3-6-14-21)22-15-7-4-8-16-22)30-28(34)29-24-18-10-9-17-23(24)27(33)31-19-11-1-2-12-20-31/h3-10,13-18,25H,1-2,11-12,19-20H2,(H2,29,30,32,34). The Morgan fingerprint density at radius 2 is 1.26 bits per heavy atom. The summed E-state index contributed by atoms with van der Waals surface area (Å²) < 4.78 is 0. The minimum Gasteiger partial charge on any atom is -0.339 e. The van der Waals surface area contributed by atoms with Crippen LogP contribution < -0.4 is 10.6 Å². The van der Waals surface area contributed by atoms with Gasteiger partial charge in [-0.05, 0) is 48.3 Å². The van der Waals surface area contributed by atoms with Crippen molar-refractivity contribution in [2.24, 2.45) is 0 Å². The van der Waals surface area contributed by atoms with Crippen molar-refractivity contribution in [3.05, 3.63) is 102 Å². The SMILES string of the molecule is O=C(NC(=S)Nc1ccccc1C(=O)N1CCCCCC1)C(c1ccccc1)c1ccccc1. The van der Waals surface area contributed by atoms with Gasteiger partial charge >= 0.3 is 0 Å². The number of para-hydroxylation sites is 1. The van der Waals surface area contributed by atoms with Crippen LogP contribution in [0.1, 0.15) is 53.1 Å². The lowest BCUT2D eigenvalue weighted by Gasteiger charge is -2.23. The third kappa shape index (κ3) is 5.88. The molecule has 0 radical (unpaired) electrons. The number of likely N-dealkylation sites (tertiary alicyclic amines) is 1. The van der Waals surface area contributed by atoms with E-state index in [9.17, 15) is 9.59 Å². The number of benzene rings is 3. The first-order valence-electron chi connectivity index (χ1n) is 11.7. The van der Waals surface area contributed by atoms with Gasteiger partial charge in [-0.25, -0.2) is 0 Å². The van der Waals surface area contributed by atoms with Crippen LogP contribution in [0.4, 0.5) is 5.69 Å². The van der Waals surface area contributed by atoms with Gasteiger partial charge in [-0.2, -0.15) is 0 Å². The molecule has 0 aromatic heterocycles. The van der Waals surface area contributed by atoms with Crippen LogP contribution in [0, 0.1) is 0 Å². The summed E-state index contributed by atoms with van der Waals surface area (Å²) in [4.78, 5) is 28.5. The summed E-state index contributed by atoms with van der Waals surface area (Å²) in [7, 11) is 0. The van der Waals surface area contributed by atoms with Crippen molar-refractivity contribution < 1.29 is 9.59 Å². The van der Waals surface area contributed by atoms with Gasteiger partial charge in [0, 0.05) is 13.1 Å². The number of nitrogens with zero attached hydrogens (tertiary/aromatic N) is 1. The highest BCUT2D eigenvalue weighted by Gasteiger charge is 2.24. The Kier molecular flexibility index (Phi) is 8.04. The van der Waals surface area contributed by atoms with Crippen molar-refractivity contribution in [2.75, 3.05) is 18.4 Å². The average Bonchev–Trinajstić information content (AvgIpc) is 3.15. The molecular weight excluding hydrogens is 442 g/mol. The quantitative estimate of drug-likeness (QED) is 0.493. The minimum atomic E-state index is -0.504. The Morgan fingerprint density at radius 3 is 1.85 bits per heavy atom. The zero-order chi connectivity index (χ0) is 23.8. The van der Waals surface area contributed by atoms with Crippen LogP contribution in [0.5, 0.6) is 0 Å². The molecule has 34 heavy (non-hydrogen) atoms. The maximum atomic E-state index is 13.3. The number of amides is 2. The number of rotatable bonds is 5. The zero-order valence-electron chi connectivity index (χ0n) is 19.1. The normalized spacial score (nSPS) is 13.7. The predicted octanol–water partition coefficient (Wildman–Crippen LogP) is 5.35. The Labute approximate surface area is 206 Å². The van der Waals surface area contributed by atoms with Crippen molar-refractivity contribution in [1.29, 1.82) is 0 Å². The summed E-state index contributed by atoms with van der Waals surface area (Å²) in [5.74, 6) is -0.743. The first-order chi connectivity index (χ1) is 16.6. The van der Waals surface area contributed by atoms with Crippen molar-refractivity contribution in [3.8, 4) is 0 Å². The summed E-state index contributed by atoms with van der Waals surface area (Å²) in [5.41, 5.74) is 2.91. The predicted molar refractivity (Wildman–Crippen MR) is 140 cm³/mol. The van der Waals surface area contributed by atoms with E-state index in [2.05, 4.69) is 10.6 Å². The number of hydrogen-bond acceptors (Lipinski definition) is 3. The van der Waals surface area contributed by atoms with Crippen LogP contribution in [-0.2, 0) is 4.79 Å². The monoisotopic (exact) mass is 471 g/mol. The molecule has 0 atom stereocenters. The number of carbonyl (C=O) groups is 2. The topological polar surface area (TPSA) is 61.4 Å². The van der Waals surface area contributed by atoms with Crippen molar-refractivity contribution >= 4 is 34.8 Å². The number of hydrogen-bond donors (Lipinski definition) is 2. The van der Waals surface area contributed by atoms with Gasteiger partial charge in [-0.15, -0.1) is 0 Å². The molecule has 174 valence electrons. The van der Waals surface area contributed by atoms with Crippen molar-refractivity contribution in [3.63, 3.8) is 0 Å². The van der Waals surface area contributed by atoms with Crippen LogP contribution in [0.2, 0.25) is 0 Å². The fourth-order valence-corrected chi connectivity index (χ4v) is 4.56. The summed E-state index contributed by atoms with van der Waals surface area (Å²) in [6.07, 6.45) is 4.36. The zero-order valence-corrected chi connectivity index (χ0v) is 19.9. The molecule has 1 heterocycles. The lowest BCUT2D eigenvalue weighted by Crippen LogP contribution is -2.38. The maximum Gasteiger partial charge on any atom is 0.255 e. The van der Waals surface area contributed by atoms with E-state index in [0.29, 0.717) is 11.3 Å². The Balaban J connectivity index is 1.50. The molecular formula is C28H29N3O2S. The second kappa shape index (κ2) is 11.6. The van der Waals surface area contributed by atoms with E-state index in [0.717, 1.165) is 49.9 Å². The third-order valence-electron chi connectivity index (χ3n) is 6.06. The molecule has 6 heteroatoms. The van der Waals surface area contributed by atoms with Crippen LogP contribution >= 0.6 is 12.2 Å². The van der Waals surface area contributed by atoms with Crippen LogP contribution in [0.3, 0.4) is 0 Å². The van der Waals surface area contributed by atoms with E-state index in [4.69, 9.17) is 12.2 Å². The molecule has 2 amide bonds. The molecule has 0 aliphatic carbocycles. The molecule has 0 bridgehead atoms. The summed E-state index contributed by atoms with van der Waals surface area (Å²) in [6.45, 7) is 1.54. The highest BCUT2D eigenvalue weighted by molar-refractivity contribution is 7.80. The Hall–Kier alpha value is -3.51. The molecule has 4 rings (SSSR count).